The molecule has 1 nitrogen and oxygen atoms in total. The third-order valence-electron chi connectivity index (χ3n) is 1.28. The number of hydrogen-bond acceptors (Lipinski definition) is 1. The Bertz CT molecular complexity index is 303. The summed E-state index contributed by atoms with van der Waals surface area (Å²) in [5.74, 6) is 0. The van der Waals surface area contributed by atoms with Crippen LogP contribution in [0.25, 0.3) is 6.08 Å². The van der Waals surface area contributed by atoms with Crippen LogP contribution in [0, 0.1) is 0 Å². The Morgan fingerprint density at radius 3 is 2.42 bits per heavy atom. The molecule has 0 atom stereocenters. The number of carbonyl (C=O) groups excluding carboxylic acids is 1. The predicted octanol–water partition coefficient (Wildman–Crippen LogP) is 3.23. The summed E-state index contributed by atoms with van der Waals surface area (Å²) < 4.78 is 1.01. The van der Waals surface area contributed by atoms with E-state index < -0.39 is 5.24 Å². The molecule has 0 radical (unpaired) electrons. The van der Waals surface area contributed by atoms with E-state index in [0.29, 0.717) is 0 Å². The van der Waals surface area contributed by atoms with E-state index in [1.807, 2.05) is 24.3 Å². The maximum absolute atomic E-state index is 10.4. The van der Waals surface area contributed by atoms with Gasteiger partial charge in [0.25, 0.3) is 0 Å². The monoisotopic (exact) mass is 244 g/mol. The SMILES string of the molecule is O=C(Cl)/C=C\c1ccc(Br)cc1. The molecule has 0 saturated heterocycles. The second-order valence-corrected chi connectivity index (χ2v) is 3.48. The van der Waals surface area contributed by atoms with Gasteiger partial charge < -0.3 is 0 Å². The van der Waals surface area contributed by atoms with Gasteiger partial charge >= 0.3 is 0 Å². The van der Waals surface area contributed by atoms with Crippen molar-refractivity contribution < 1.29 is 4.79 Å². The Morgan fingerprint density at radius 1 is 1.33 bits per heavy atom. The summed E-state index contributed by atoms with van der Waals surface area (Å²) in [7, 11) is 0. The van der Waals surface area contributed by atoms with Crippen LogP contribution in [0.4, 0.5) is 0 Å². The topological polar surface area (TPSA) is 17.1 Å². The van der Waals surface area contributed by atoms with Crippen molar-refractivity contribution in [3.8, 4) is 0 Å². The lowest BCUT2D eigenvalue weighted by Crippen LogP contribution is -1.75. The Hall–Kier alpha value is -0.600. The van der Waals surface area contributed by atoms with Crippen molar-refractivity contribution in [2.75, 3.05) is 0 Å². The maximum atomic E-state index is 10.4. The van der Waals surface area contributed by atoms with Gasteiger partial charge in [-0.05, 0) is 35.4 Å². The van der Waals surface area contributed by atoms with E-state index in [-0.39, 0.29) is 0 Å². The van der Waals surface area contributed by atoms with Crippen LogP contribution in [0.3, 0.4) is 0 Å². The summed E-state index contributed by atoms with van der Waals surface area (Å²) >= 11 is 8.43. The molecular weight excluding hydrogens is 239 g/mol. The van der Waals surface area contributed by atoms with Gasteiger partial charge in [0.05, 0.1) is 0 Å². The third-order valence-corrected chi connectivity index (χ3v) is 1.93. The van der Waals surface area contributed by atoms with Gasteiger partial charge in [-0.1, -0.05) is 34.1 Å². The fourth-order valence-electron chi connectivity index (χ4n) is 0.736. The minimum Gasteiger partial charge on any atom is -0.276 e. The lowest BCUT2D eigenvalue weighted by atomic mass is 10.2. The summed E-state index contributed by atoms with van der Waals surface area (Å²) in [5.41, 5.74) is 0.951. The van der Waals surface area contributed by atoms with Crippen LogP contribution < -0.4 is 0 Å². The average molecular weight is 246 g/mol. The zero-order valence-electron chi connectivity index (χ0n) is 6.13. The highest BCUT2D eigenvalue weighted by Crippen LogP contribution is 2.11. The molecule has 0 heterocycles. The van der Waals surface area contributed by atoms with Crippen LogP contribution in [0.5, 0.6) is 0 Å². The van der Waals surface area contributed by atoms with Crippen molar-refractivity contribution in [2.24, 2.45) is 0 Å². The van der Waals surface area contributed by atoms with Crippen LogP contribution in [0.15, 0.2) is 34.8 Å². The highest BCUT2D eigenvalue weighted by molar-refractivity contribution is 9.10. The lowest BCUT2D eigenvalue weighted by Gasteiger charge is -1.91. The molecule has 0 aliphatic heterocycles. The predicted molar refractivity (Wildman–Crippen MR) is 54.0 cm³/mol. The first-order valence-electron chi connectivity index (χ1n) is 3.31. The van der Waals surface area contributed by atoms with Gasteiger partial charge in [-0.25, -0.2) is 0 Å². The van der Waals surface area contributed by atoms with Crippen LogP contribution in [-0.2, 0) is 4.79 Å². The highest BCUT2D eigenvalue weighted by atomic mass is 79.9. The molecule has 0 bridgehead atoms. The Morgan fingerprint density at radius 2 is 1.92 bits per heavy atom. The Labute approximate surface area is 84.2 Å². The zero-order valence-corrected chi connectivity index (χ0v) is 8.47. The van der Waals surface area contributed by atoms with Crippen molar-refractivity contribution in [2.45, 2.75) is 0 Å². The molecule has 1 aromatic carbocycles. The first-order chi connectivity index (χ1) is 5.68. The van der Waals surface area contributed by atoms with E-state index in [4.69, 9.17) is 11.6 Å². The molecule has 0 amide bonds. The maximum Gasteiger partial charge on any atom is 0.245 e. The standard InChI is InChI=1S/C9H6BrClO/c10-8-4-1-7(2-5-8)3-6-9(11)12/h1-6H/b6-3-. The molecule has 0 N–H and O–H groups in total. The normalized spacial score (nSPS) is 10.5. The summed E-state index contributed by atoms with van der Waals surface area (Å²) in [4.78, 5) is 10.4. The first-order valence-corrected chi connectivity index (χ1v) is 4.49. The van der Waals surface area contributed by atoms with Crippen molar-refractivity contribution in [3.63, 3.8) is 0 Å². The van der Waals surface area contributed by atoms with E-state index in [1.165, 1.54) is 6.08 Å². The molecule has 1 aromatic rings. The molecular formula is C9H6BrClO. The first kappa shape index (κ1) is 9.49. The minimum atomic E-state index is -0.460. The summed E-state index contributed by atoms with van der Waals surface area (Å²) in [6.45, 7) is 0. The smallest absolute Gasteiger partial charge is 0.245 e. The fourth-order valence-corrected chi connectivity index (χ4v) is 1.06. The quantitative estimate of drug-likeness (QED) is 0.577. The van der Waals surface area contributed by atoms with E-state index in [2.05, 4.69) is 15.9 Å². The van der Waals surface area contributed by atoms with Crippen molar-refractivity contribution in [3.05, 3.63) is 40.4 Å². The highest BCUT2D eigenvalue weighted by Gasteiger charge is 1.88. The van der Waals surface area contributed by atoms with Crippen LogP contribution in [0.1, 0.15) is 5.56 Å². The van der Waals surface area contributed by atoms with Crippen LogP contribution >= 0.6 is 27.5 Å². The van der Waals surface area contributed by atoms with Gasteiger partial charge in [0.15, 0.2) is 0 Å². The molecule has 12 heavy (non-hydrogen) atoms. The van der Waals surface area contributed by atoms with E-state index in [1.54, 1.807) is 6.08 Å². The molecule has 0 aliphatic rings. The fraction of sp³-hybridized carbons (Fsp3) is 0. The van der Waals surface area contributed by atoms with Gasteiger partial charge in [0.1, 0.15) is 0 Å². The number of allylic oxidation sites excluding steroid dienone is 1. The van der Waals surface area contributed by atoms with Gasteiger partial charge in [0.2, 0.25) is 5.24 Å². The second-order valence-electron chi connectivity index (χ2n) is 2.19. The van der Waals surface area contributed by atoms with Gasteiger partial charge in [-0.2, -0.15) is 0 Å². The lowest BCUT2D eigenvalue weighted by molar-refractivity contribution is -0.107. The van der Waals surface area contributed by atoms with Crippen molar-refractivity contribution in [1.82, 2.24) is 0 Å². The van der Waals surface area contributed by atoms with Crippen LogP contribution in [0.2, 0.25) is 0 Å². The van der Waals surface area contributed by atoms with Crippen LogP contribution in [-0.4, -0.2) is 5.24 Å². The number of halogens is 2. The van der Waals surface area contributed by atoms with Gasteiger partial charge in [-0.3, -0.25) is 4.79 Å². The molecule has 0 aliphatic carbocycles. The molecule has 0 unspecified atom stereocenters. The summed E-state index contributed by atoms with van der Waals surface area (Å²) in [5, 5.41) is -0.460. The molecule has 0 aromatic heterocycles. The van der Waals surface area contributed by atoms with E-state index >= 15 is 0 Å². The number of rotatable bonds is 2. The molecule has 3 heteroatoms. The van der Waals surface area contributed by atoms with Crippen molar-refractivity contribution >= 4 is 38.8 Å². The Kier molecular flexibility index (Phi) is 3.50. The van der Waals surface area contributed by atoms with E-state index in [0.717, 1.165) is 10.0 Å². The largest absolute Gasteiger partial charge is 0.276 e. The van der Waals surface area contributed by atoms with Gasteiger partial charge in [-0.15, -0.1) is 0 Å². The molecule has 0 fully saturated rings. The summed E-state index contributed by atoms with van der Waals surface area (Å²) in [6.07, 6.45) is 2.99. The molecule has 0 saturated carbocycles. The number of hydrogen-bond donors (Lipinski definition) is 0. The van der Waals surface area contributed by atoms with E-state index in [9.17, 15) is 4.79 Å². The number of carbonyl (C=O) groups is 1. The van der Waals surface area contributed by atoms with Gasteiger partial charge in [0, 0.05) is 4.47 Å². The molecule has 1 rings (SSSR count). The second kappa shape index (κ2) is 4.43. The third kappa shape index (κ3) is 3.20. The van der Waals surface area contributed by atoms with Crippen molar-refractivity contribution in [1.29, 1.82) is 0 Å². The number of benzene rings is 1. The summed E-state index contributed by atoms with van der Waals surface area (Å²) in [6, 6.07) is 7.58. The molecule has 62 valence electrons. The minimum absolute atomic E-state index is 0.460. The zero-order chi connectivity index (χ0) is 8.97. The Balaban J connectivity index is 2.77. The average Bonchev–Trinajstić information content (AvgIpc) is 2.03. The molecule has 0 spiro atoms.